The summed E-state index contributed by atoms with van der Waals surface area (Å²) in [5.41, 5.74) is 4.27. The van der Waals surface area contributed by atoms with E-state index < -0.39 is 4.92 Å². The zero-order valence-corrected chi connectivity index (χ0v) is 16.4. The first-order chi connectivity index (χ1) is 14.4. The Labute approximate surface area is 172 Å². The Morgan fingerprint density at radius 3 is 2.27 bits per heavy atom. The third-order valence-corrected chi connectivity index (χ3v) is 4.77. The predicted molar refractivity (Wildman–Crippen MR) is 114 cm³/mol. The van der Waals surface area contributed by atoms with E-state index in [1.165, 1.54) is 29.8 Å². The second-order valence-corrected chi connectivity index (χ2v) is 7.20. The molecule has 0 saturated carbocycles. The first-order valence-corrected chi connectivity index (χ1v) is 9.44. The number of nitrogens with one attached hydrogen (secondary N) is 1. The minimum absolute atomic E-state index is 0.0639. The Kier molecular flexibility index (Phi) is 4.97. The van der Waals surface area contributed by atoms with Gasteiger partial charge >= 0.3 is 0 Å². The molecular weight excluding hydrogens is 382 g/mol. The molecule has 0 aliphatic heterocycles. The van der Waals surface area contributed by atoms with Crippen molar-refractivity contribution in [2.24, 2.45) is 0 Å². The van der Waals surface area contributed by atoms with Crippen LogP contribution >= 0.6 is 0 Å². The molecule has 0 aliphatic rings. The summed E-state index contributed by atoms with van der Waals surface area (Å²) in [5, 5.41) is 22.5. The number of amides is 1. The maximum atomic E-state index is 12.4. The summed E-state index contributed by atoms with van der Waals surface area (Å²) in [6.07, 6.45) is 0. The molecule has 3 aromatic carbocycles. The van der Waals surface area contributed by atoms with Crippen molar-refractivity contribution in [1.29, 1.82) is 0 Å². The lowest BCUT2D eigenvalue weighted by molar-refractivity contribution is -0.384. The highest BCUT2D eigenvalue weighted by molar-refractivity contribution is 6.05. The molecule has 0 spiro atoms. The first-order valence-electron chi connectivity index (χ1n) is 9.44. The smallest absolute Gasteiger partial charge is 0.269 e. The number of nitro benzene ring substituents is 1. The van der Waals surface area contributed by atoms with Crippen LogP contribution in [0.15, 0.2) is 66.7 Å². The Morgan fingerprint density at radius 2 is 1.63 bits per heavy atom. The second kappa shape index (κ2) is 7.75. The van der Waals surface area contributed by atoms with Gasteiger partial charge in [-0.15, -0.1) is 10.2 Å². The molecule has 0 radical (unpaired) electrons. The molecule has 0 fully saturated rings. The maximum absolute atomic E-state index is 12.4. The van der Waals surface area contributed by atoms with E-state index in [4.69, 9.17) is 0 Å². The van der Waals surface area contributed by atoms with Crippen molar-refractivity contribution in [1.82, 2.24) is 15.0 Å². The van der Waals surface area contributed by atoms with Crippen LogP contribution in [0, 0.1) is 10.1 Å². The van der Waals surface area contributed by atoms with Crippen LogP contribution in [0.3, 0.4) is 0 Å². The van der Waals surface area contributed by atoms with E-state index in [2.05, 4.69) is 41.5 Å². The quantitative estimate of drug-likeness (QED) is 0.385. The summed E-state index contributed by atoms with van der Waals surface area (Å²) < 4.78 is 0. The molecule has 1 aromatic heterocycles. The fourth-order valence-corrected chi connectivity index (χ4v) is 3.04. The van der Waals surface area contributed by atoms with E-state index in [0.717, 1.165) is 5.69 Å². The fourth-order valence-electron chi connectivity index (χ4n) is 3.04. The van der Waals surface area contributed by atoms with Crippen LogP contribution in [-0.4, -0.2) is 25.8 Å². The van der Waals surface area contributed by atoms with Gasteiger partial charge in [0.05, 0.1) is 10.6 Å². The predicted octanol–water partition coefficient (Wildman–Crippen LogP) is 4.70. The number of hydrogen-bond acceptors (Lipinski definition) is 5. The number of hydrogen-bond donors (Lipinski definition) is 1. The van der Waals surface area contributed by atoms with E-state index in [1.54, 1.807) is 23.0 Å². The lowest BCUT2D eigenvalue weighted by Crippen LogP contribution is -2.11. The minimum atomic E-state index is -0.505. The number of nitrogens with zero attached hydrogens (tertiary/aromatic N) is 4. The van der Waals surface area contributed by atoms with Gasteiger partial charge < -0.3 is 5.32 Å². The molecule has 1 N–H and O–H groups in total. The van der Waals surface area contributed by atoms with Gasteiger partial charge in [-0.1, -0.05) is 26.0 Å². The van der Waals surface area contributed by atoms with Gasteiger partial charge in [0.2, 0.25) is 0 Å². The van der Waals surface area contributed by atoms with Gasteiger partial charge in [-0.2, -0.15) is 4.80 Å². The average molecular weight is 401 g/mol. The van der Waals surface area contributed by atoms with E-state index >= 15 is 0 Å². The maximum Gasteiger partial charge on any atom is 0.269 e. The number of aromatic nitrogens is 3. The largest absolute Gasteiger partial charge is 0.322 e. The van der Waals surface area contributed by atoms with Crippen molar-refractivity contribution in [3.8, 4) is 5.69 Å². The number of nitro groups is 1. The van der Waals surface area contributed by atoms with Crippen LogP contribution in [-0.2, 0) is 0 Å². The topological polar surface area (TPSA) is 103 Å². The van der Waals surface area contributed by atoms with Crippen molar-refractivity contribution < 1.29 is 9.72 Å². The molecule has 1 heterocycles. The van der Waals surface area contributed by atoms with Gasteiger partial charge in [-0.25, -0.2) is 0 Å². The molecule has 4 aromatic rings. The fraction of sp³-hybridized carbons (Fsp3) is 0.136. The Bertz CT molecular complexity index is 1230. The zero-order chi connectivity index (χ0) is 21.3. The minimum Gasteiger partial charge on any atom is -0.322 e. The Hall–Kier alpha value is -4.07. The van der Waals surface area contributed by atoms with E-state index in [9.17, 15) is 14.9 Å². The van der Waals surface area contributed by atoms with Gasteiger partial charge in [0.1, 0.15) is 11.0 Å². The van der Waals surface area contributed by atoms with Gasteiger partial charge in [0.25, 0.3) is 11.6 Å². The van der Waals surface area contributed by atoms with Gasteiger partial charge in [0, 0.05) is 23.4 Å². The molecule has 0 bridgehead atoms. The molecular formula is C22H19N5O3. The summed E-state index contributed by atoms with van der Waals surface area (Å²) in [6.45, 7) is 4.28. The van der Waals surface area contributed by atoms with Crippen molar-refractivity contribution in [2.75, 3.05) is 5.32 Å². The number of fused-ring (bicyclic) bond motifs is 1. The van der Waals surface area contributed by atoms with E-state index in [1.807, 2.05) is 12.1 Å². The molecule has 8 nitrogen and oxygen atoms in total. The standard InChI is InChI=1S/C22H19N5O3/c1-14(2)15-3-8-18(9-4-15)26-24-20-12-7-17(13-21(20)25-26)23-22(28)16-5-10-19(11-6-16)27(29)30/h3-14H,1-2H3,(H,23,28). The highest BCUT2D eigenvalue weighted by atomic mass is 16.6. The Balaban J connectivity index is 1.54. The number of rotatable bonds is 5. The molecule has 0 aliphatic carbocycles. The number of benzene rings is 3. The normalized spacial score (nSPS) is 11.0. The molecule has 0 saturated heterocycles. The Morgan fingerprint density at radius 1 is 0.967 bits per heavy atom. The lowest BCUT2D eigenvalue weighted by Gasteiger charge is -2.05. The number of carbonyl (C=O) groups is 1. The van der Waals surface area contributed by atoms with Crippen LogP contribution in [0.4, 0.5) is 11.4 Å². The first kappa shape index (κ1) is 19.3. The molecule has 8 heteroatoms. The summed E-state index contributed by atoms with van der Waals surface area (Å²) in [5.74, 6) is 0.0894. The van der Waals surface area contributed by atoms with Crippen molar-refractivity contribution in [3.05, 3.63) is 88.0 Å². The number of non-ortho nitro benzene ring substituents is 1. The number of carbonyl (C=O) groups excluding carboxylic acids is 1. The third-order valence-electron chi connectivity index (χ3n) is 4.77. The average Bonchev–Trinajstić information content (AvgIpc) is 3.17. The van der Waals surface area contributed by atoms with E-state index in [-0.39, 0.29) is 11.6 Å². The zero-order valence-electron chi connectivity index (χ0n) is 16.4. The molecule has 30 heavy (non-hydrogen) atoms. The summed E-state index contributed by atoms with van der Waals surface area (Å²) in [4.78, 5) is 24.2. The van der Waals surface area contributed by atoms with Crippen molar-refractivity contribution in [3.63, 3.8) is 0 Å². The highest BCUT2D eigenvalue weighted by Crippen LogP contribution is 2.20. The van der Waals surface area contributed by atoms with Crippen LogP contribution < -0.4 is 5.32 Å². The molecule has 0 atom stereocenters. The molecule has 150 valence electrons. The number of anilines is 1. The molecule has 0 unspecified atom stereocenters. The van der Waals surface area contributed by atoms with Crippen LogP contribution in [0.1, 0.15) is 35.7 Å². The van der Waals surface area contributed by atoms with Gasteiger partial charge in [0.15, 0.2) is 0 Å². The summed E-state index contributed by atoms with van der Waals surface area (Å²) >= 11 is 0. The lowest BCUT2D eigenvalue weighted by atomic mass is 10.0. The van der Waals surface area contributed by atoms with E-state index in [0.29, 0.717) is 28.2 Å². The van der Waals surface area contributed by atoms with Crippen LogP contribution in [0.5, 0.6) is 0 Å². The highest BCUT2D eigenvalue weighted by Gasteiger charge is 2.11. The summed E-state index contributed by atoms with van der Waals surface area (Å²) in [7, 11) is 0. The summed E-state index contributed by atoms with van der Waals surface area (Å²) in [6, 6.07) is 18.8. The van der Waals surface area contributed by atoms with Crippen molar-refractivity contribution in [2.45, 2.75) is 19.8 Å². The second-order valence-electron chi connectivity index (χ2n) is 7.20. The molecule has 4 rings (SSSR count). The van der Waals surface area contributed by atoms with Crippen LogP contribution in [0.25, 0.3) is 16.7 Å². The van der Waals surface area contributed by atoms with Gasteiger partial charge in [-0.05, 0) is 53.9 Å². The SMILES string of the molecule is CC(C)c1ccc(-n2nc3ccc(NC(=O)c4ccc([N+](=O)[O-])cc4)cc3n2)cc1. The van der Waals surface area contributed by atoms with Crippen molar-refractivity contribution >= 4 is 28.3 Å². The third kappa shape index (κ3) is 3.88. The van der Waals surface area contributed by atoms with Gasteiger partial charge in [-0.3, -0.25) is 14.9 Å². The molecule has 1 amide bonds. The monoisotopic (exact) mass is 401 g/mol. The van der Waals surface area contributed by atoms with Crippen LogP contribution in [0.2, 0.25) is 0 Å².